The first-order valence-corrected chi connectivity index (χ1v) is 9.96. The van der Waals surface area contributed by atoms with Crippen LogP contribution in [0.5, 0.6) is 0 Å². The Hall–Kier alpha value is 0.367. The summed E-state index contributed by atoms with van der Waals surface area (Å²) >= 11 is 1.89. The van der Waals surface area contributed by atoms with E-state index in [1.54, 1.807) is 0 Å². The van der Waals surface area contributed by atoms with Crippen LogP contribution in [-0.2, 0) is 13.3 Å². The predicted octanol–water partition coefficient (Wildman–Crippen LogP) is 0.874. The van der Waals surface area contributed by atoms with Crippen LogP contribution in [0.4, 0.5) is 0 Å². The van der Waals surface area contributed by atoms with Crippen LogP contribution < -0.4 is 0 Å². The Morgan fingerprint density at radius 1 is 1.32 bits per heavy atom. The van der Waals surface area contributed by atoms with Crippen molar-refractivity contribution in [3.63, 3.8) is 0 Å². The second-order valence-electron chi connectivity index (χ2n) is 5.10. The van der Waals surface area contributed by atoms with Crippen LogP contribution in [0.1, 0.15) is 13.8 Å². The maximum absolute atomic E-state index is 6.28. The van der Waals surface area contributed by atoms with Gasteiger partial charge >= 0.3 is 8.97 Å². The third-order valence-electron chi connectivity index (χ3n) is 3.43. The first kappa shape index (κ1) is 15.8. The number of hydrogen-bond donors (Lipinski definition) is 0. The average molecular weight is 307 g/mol. The highest BCUT2D eigenvalue weighted by Crippen LogP contribution is 2.23. The molecule has 2 rings (SSSR count). The van der Waals surface area contributed by atoms with Gasteiger partial charge in [-0.05, 0) is 20.9 Å². The summed E-state index contributed by atoms with van der Waals surface area (Å²) in [5, 5.41) is 0. The molecule has 0 amide bonds. The Labute approximate surface area is 122 Å². The second kappa shape index (κ2) is 7.40. The van der Waals surface area contributed by atoms with Gasteiger partial charge in [0.15, 0.2) is 0 Å². The Balaban J connectivity index is 2.09. The van der Waals surface area contributed by atoms with E-state index in [2.05, 4.69) is 23.4 Å². The monoisotopic (exact) mass is 306 g/mol. The summed E-state index contributed by atoms with van der Waals surface area (Å²) in [5.74, 6) is 2.06. The topological polar surface area (TPSA) is 34.2 Å². The standard InChI is InChI=1S/C12H26N2O3SSi/c1-4-15-19(14-7-5-13(3)6-8-14)16-9-10-18-11-12(2)17-19/h12H,4-11H2,1-3H3. The van der Waals surface area contributed by atoms with E-state index in [0.29, 0.717) is 6.61 Å². The molecule has 2 aliphatic rings. The summed E-state index contributed by atoms with van der Waals surface area (Å²) in [4.78, 5) is 2.34. The van der Waals surface area contributed by atoms with Crippen molar-refractivity contribution in [2.75, 3.05) is 57.9 Å². The summed E-state index contributed by atoms with van der Waals surface area (Å²) in [5.41, 5.74) is 0. The average Bonchev–Trinajstić information content (AvgIpc) is 2.36. The largest absolute Gasteiger partial charge is 0.599 e. The fraction of sp³-hybridized carbons (Fsp3) is 1.00. The van der Waals surface area contributed by atoms with Gasteiger partial charge in [-0.15, -0.1) is 0 Å². The molecule has 0 N–H and O–H groups in total. The molecule has 0 bridgehead atoms. The summed E-state index contributed by atoms with van der Waals surface area (Å²) < 4.78 is 20.8. The maximum Gasteiger partial charge on any atom is 0.599 e. The summed E-state index contributed by atoms with van der Waals surface area (Å²) in [6.07, 6.45) is 0.197. The van der Waals surface area contributed by atoms with Gasteiger partial charge in [-0.3, -0.25) is 4.57 Å². The van der Waals surface area contributed by atoms with E-state index < -0.39 is 8.97 Å². The van der Waals surface area contributed by atoms with Gasteiger partial charge in [-0.25, -0.2) is 0 Å². The van der Waals surface area contributed by atoms with Crippen LogP contribution in [0.2, 0.25) is 0 Å². The van der Waals surface area contributed by atoms with Crippen molar-refractivity contribution in [1.29, 1.82) is 0 Å². The lowest BCUT2D eigenvalue weighted by Crippen LogP contribution is -2.66. The molecule has 2 heterocycles. The van der Waals surface area contributed by atoms with E-state index in [1.165, 1.54) is 0 Å². The zero-order chi connectivity index (χ0) is 13.7. The number of rotatable bonds is 3. The van der Waals surface area contributed by atoms with E-state index in [9.17, 15) is 0 Å². The molecule has 5 nitrogen and oxygen atoms in total. The molecule has 0 radical (unpaired) electrons. The number of hydrogen-bond acceptors (Lipinski definition) is 6. The van der Waals surface area contributed by atoms with Crippen LogP contribution in [-0.4, -0.2) is 82.5 Å². The maximum atomic E-state index is 6.28. The molecular weight excluding hydrogens is 280 g/mol. The Kier molecular flexibility index (Phi) is 6.13. The Morgan fingerprint density at radius 2 is 2.05 bits per heavy atom. The summed E-state index contributed by atoms with van der Waals surface area (Å²) in [7, 11) is -0.506. The smallest absolute Gasteiger partial charge is 0.361 e. The van der Waals surface area contributed by atoms with Gasteiger partial charge in [-0.2, -0.15) is 11.8 Å². The lowest BCUT2D eigenvalue weighted by atomic mass is 10.4. The van der Waals surface area contributed by atoms with Crippen molar-refractivity contribution in [1.82, 2.24) is 9.47 Å². The highest BCUT2D eigenvalue weighted by Gasteiger charge is 2.51. The molecule has 2 atom stereocenters. The Bertz CT molecular complexity index is 280. The number of thioether (sulfide) groups is 1. The van der Waals surface area contributed by atoms with Gasteiger partial charge in [-0.1, -0.05) is 0 Å². The zero-order valence-corrected chi connectivity index (χ0v) is 14.1. The van der Waals surface area contributed by atoms with Crippen LogP contribution in [0.15, 0.2) is 0 Å². The normalized spacial score (nSPS) is 35.8. The van der Waals surface area contributed by atoms with Crippen molar-refractivity contribution in [2.45, 2.75) is 20.0 Å². The lowest BCUT2D eigenvalue weighted by molar-refractivity contribution is -0.0141. The van der Waals surface area contributed by atoms with Gasteiger partial charge < -0.3 is 18.2 Å². The number of nitrogens with zero attached hydrogens (tertiary/aromatic N) is 2. The first-order valence-electron chi connectivity index (χ1n) is 7.13. The molecule has 2 saturated heterocycles. The minimum absolute atomic E-state index is 0.197. The van der Waals surface area contributed by atoms with E-state index in [0.717, 1.165) is 44.3 Å². The summed E-state index contributed by atoms with van der Waals surface area (Å²) in [6.45, 7) is 9.59. The molecule has 2 fully saturated rings. The first-order chi connectivity index (χ1) is 9.16. The molecular formula is C12H26N2O3SSi. The highest BCUT2D eigenvalue weighted by molar-refractivity contribution is 7.99. The molecule has 0 spiro atoms. The molecule has 2 unspecified atom stereocenters. The van der Waals surface area contributed by atoms with E-state index in [4.69, 9.17) is 13.3 Å². The third kappa shape index (κ3) is 4.17. The second-order valence-corrected chi connectivity index (χ2v) is 8.74. The molecule has 0 saturated carbocycles. The van der Waals surface area contributed by atoms with Gasteiger partial charge in [0.1, 0.15) is 0 Å². The van der Waals surface area contributed by atoms with E-state index >= 15 is 0 Å². The molecule has 112 valence electrons. The van der Waals surface area contributed by atoms with Crippen molar-refractivity contribution < 1.29 is 13.3 Å². The Morgan fingerprint density at radius 3 is 2.74 bits per heavy atom. The van der Waals surface area contributed by atoms with Crippen molar-refractivity contribution in [3.8, 4) is 0 Å². The van der Waals surface area contributed by atoms with Crippen molar-refractivity contribution in [3.05, 3.63) is 0 Å². The minimum atomic E-state index is -2.66. The van der Waals surface area contributed by atoms with Gasteiger partial charge in [0.2, 0.25) is 0 Å². The van der Waals surface area contributed by atoms with Gasteiger partial charge in [0, 0.05) is 50.9 Å². The van der Waals surface area contributed by atoms with Crippen LogP contribution in [0.25, 0.3) is 0 Å². The van der Waals surface area contributed by atoms with Gasteiger partial charge in [0.25, 0.3) is 0 Å². The number of likely N-dealkylation sites (N-methyl/N-ethyl adjacent to an activating group) is 1. The van der Waals surface area contributed by atoms with Crippen LogP contribution in [0.3, 0.4) is 0 Å². The number of piperazine rings is 1. The highest BCUT2D eigenvalue weighted by atomic mass is 32.2. The lowest BCUT2D eigenvalue weighted by Gasteiger charge is -2.43. The molecule has 0 aromatic heterocycles. The molecule has 0 aliphatic carbocycles. The van der Waals surface area contributed by atoms with Crippen LogP contribution in [0, 0.1) is 0 Å². The zero-order valence-electron chi connectivity index (χ0n) is 12.3. The SMILES string of the molecule is CCO[Si]1(N2CCN(C)CC2)OCCSCC(C)O1. The van der Waals surface area contributed by atoms with E-state index in [1.807, 2.05) is 18.7 Å². The minimum Gasteiger partial charge on any atom is -0.361 e. The fourth-order valence-electron chi connectivity index (χ4n) is 2.40. The molecule has 0 aromatic carbocycles. The molecule has 7 heteroatoms. The van der Waals surface area contributed by atoms with Crippen molar-refractivity contribution in [2.24, 2.45) is 0 Å². The molecule has 19 heavy (non-hydrogen) atoms. The van der Waals surface area contributed by atoms with Crippen molar-refractivity contribution >= 4 is 20.7 Å². The predicted molar refractivity (Wildman–Crippen MR) is 80.3 cm³/mol. The quantitative estimate of drug-likeness (QED) is 0.720. The summed E-state index contributed by atoms with van der Waals surface area (Å²) in [6, 6.07) is 0. The van der Waals surface area contributed by atoms with E-state index in [-0.39, 0.29) is 6.10 Å². The fourth-order valence-corrected chi connectivity index (χ4v) is 6.23. The third-order valence-corrected chi connectivity index (χ3v) is 7.74. The van der Waals surface area contributed by atoms with Gasteiger partial charge in [0.05, 0.1) is 6.10 Å². The molecule has 2 aliphatic heterocycles. The van der Waals surface area contributed by atoms with Crippen LogP contribution >= 0.6 is 11.8 Å². The molecule has 0 aromatic rings.